The second-order valence-electron chi connectivity index (χ2n) is 2.60. The van der Waals surface area contributed by atoms with E-state index in [0.717, 1.165) is 0 Å². The topological polar surface area (TPSA) is 75.6 Å². The van der Waals surface area contributed by atoms with E-state index >= 15 is 0 Å². The number of benzene rings is 1. The number of methoxy groups -OCH3 is 1. The minimum Gasteiger partial charge on any atom is -0.496 e. The minimum atomic E-state index is -1.15. The second kappa shape index (κ2) is 4.65. The summed E-state index contributed by atoms with van der Waals surface area (Å²) in [6.07, 6.45) is 0.446. The largest absolute Gasteiger partial charge is 0.496 e. The Kier molecular flexibility index (Phi) is 3.51. The fourth-order valence-electron chi connectivity index (χ4n) is 1.06. The van der Waals surface area contributed by atoms with Gasteiger partial charge in [0.2, 0.25) is 6.41 Å². The van der Waals surface area contributed by atoms with Gasteiger partial charge in [-0.05, 0) is 6.07 Å². The van der Waals surface area contributed by atoms with Gasteiger partial charge in [0.25, 0.3) is 0 Å². The highest BCUT2D eigenvalue weighted by Crippen LogP contribution is 2.30. The van der Waals surface area contributed by atoms with Crippen LogP contribution in [0.15, 0.2) is 12.1 Å². The maximum atomic E-state index is 10.8. The number of nitrogens with one attached hydrogen (secondary N) is 1. The summed E-state index contributed by atoms with van der Waals surface area (Å²) in [5.74, 6) is -1.01. The average Bonchev–Trinajstić information content (AvgIpc) is 2.20. The molecule has 1 rings (SSSR count). The first-order valence-corrected chi connectivity index (χ1v) is 4.29. The first kappa shape index (κ1) is 11.3. The van der Waals surface area contributed by atoms with Gasteiger partial charge >= 0.3 is 5.97 Å². The maximum Gasteiger partial charge on any atom is 0.339 e. The summed E-state index contributed by atoms with van der Waals surface area (Å²) in [6, 6.07) is 2.56. The second-order valence-corrected chi connectivity index (χ2v) is 3.01. The quantitative estimate of drug-likeness (QED) is 0.770. The lowest BCUT2D eigenvalue weighted by molar-refractivity contribution is -0.105. The molecule has 5 nitrogen and oxygen atoms in total. The third-order valence-electron chi connectivity index (χ3n) is 1.73. The Balaban J connectivity index is 3.28. The molecular formula is C9H8ClNO4. The van der Waals surface area contributed by atoms with Crippen LogP contribution in [-0.4, -0.2) is 24.6 Å². The first-order valence-electron chi connectivity index (χ1n) is 3.91. The molecule has 0 aliphatic heterocycles. The predicted octanol–water partition coefficient (Wildman–Crippen LogP) is 1.62. The molecule has 0 unspecified atom stereocenters. The molecule has 15 heavy (non-hydrogen) atoms. The minimum absolute atomic E-state index is 0.0565. The molecule has 0 heterocycles. The summed E-state index contributed by atoms with van der Waals surface area (Å²) in [5, 5.41) is 11.3. The Labute approximate surface area is 90.6 Å². The normalized spacial score (nSPS) is 9.47. The number of carbonyl (C=O) groups excluding carboxylic acids is 1. The number of ether oxygens (including phenoxy) is 1. The molecule has 0 spiro atoms. The van der Waals surface area contributed by atoms with Gasteiger partial charge in [-0.3, -0.25) is 4.79 Å². The van der Waals surface area contributed by atoms with Crippen molar-refractivity contribution in [2.75, 3.05) is 12.4 Å². The van der Waals surface area contributed by atoms with Crippen molar-refractivity contribution in [3.63, 3.8) is 0 Å². The van der Waals surface area contributed by atoms with Gasteiger partial charge in [0.1, 0.15) is 11.3 Å². The van der Waals surface area contributed by atoms with Crippen LogP contribution in [0.2, 0.25) is 5.02 Å². The van der Waals surface area contributed by atoms with Crippen molar-refractivity contribution in [3.8, 4) is 5.75 Å². The number of halogens is 1. The molecular weight excluding hydrogens is 222 g/mol. The zero-order valence-corrected chi connectivity index (χ0v) is 8.54. The number of carboxylic acids is 1. The van der Waals surface area contributed by atoms with Crippen LogP contribution in [0.1, 0.15) is 10.4 Å². The number of hydrogen-bond donors (Lipinski definition) is 2. The van der Waals surface area contributed by atoms with Crippen LogP contribution in [0.25, 0.3) is 0 Å². The van der Waals surface area contributed by atoms with E-state index in [-0.39, 0.29) is 16.3 Å². The highest BCUT2D eigenvalue weighted by molar-refractivity contribution is 6.34. The number of amides is 1. The molecule has 80 valence electrons. The van der Waals surface area contributed by atoms with E-state index in [4.69, 9.17) is 21.4 Å². The molecule has 0 aliphatic carbocycles. The Morgan fingerprint density at radius 2 is 2.27 bits per heavy atom. The van der Waals surface area contributed by atoms with Crippen molar-refractivity contribution in [2.24, 2.45) is 0 Å². The van der Waals surface area contributed by atoms with Crippen LogP contribution in [0.3, 0.4) is 0 Å². The van der Waals surface area contributed by atoms with Crippen LogP contribution in [0.4, 0.5) is 5.69 Å². The molecule has 1 aromatic rings. The number of carboxylic acid groups (broad SMARTS) is 1. The zero-order valence-electron chi connectivity index (χ0n) is 7.78. The zero-order chi connectivity index (χ0) is 11.4. The van der Waals surface area contributed by atoms with E-state index in [0.29, 0.717) is 12.1 Å². The van der Waals surface area contributed by atoms with Crippen molar-refractivity contribution in [3.05, 3.63) is 22.7 Å². The van der Waals surface area contributed by atoms with E-state index in [1.54, 1.807) is 0 Å². The highest BCUT2D eigenvalue weighted by Gasteiger charge is 2.14. The first-order chi connectivity index (χ1) is 7.10. The van der Waals surface area contributed by atoms with Crippen molar-refractivity contribution in [1.29, 1.82) is 0 Å². The summed E-state index contributed by atoms with van der Waals surface area (Å²) in [4.78, 5) is 21.0. The lowest BCUT2D eigenvalue weighted by atomic mass is 10.2. The van der Waals surface area contributed by atoms with Crippen molar-refractivity contribution in [1.82, 2.24) is 0 Å². The molecule has 0 saturated carbocycles. The van der Waals surface area contributed by atoms with Crippen molar-refractivity contribution in [2.45, 2.75) is 0 Å². The SMILES string of the molecule is COc1cc(NC=O)c(Cl)cc1C(=O)O. The molecule has 0 fully saturated rings. The van der Waals surface area contributed by atoms with E-state index in [9.17, 15) is 9.59 Å². The molecule has 0 radical (unpaired) electrons. The van der Waals surface area contributed by atoms with Gasteiger partial charge in [-0.25, -0.2) is 4.79 Å². The van der Waals surface area contributed by atoms with Gasteiger partial charge in [0.15, 0.2) is 0 Å². The highest BCUT2D eigenvalue weighted by atomic mass is 35.5. The molecule has 0 saturated heterocycles. The van der Waals surface area contributed by atoms with Gasteiger partial charge in [-0.1, -0.05) is 11.6 Å². The van der Waals surface area contributed by atoms with E-state index in [1.165, 1.54) is 19.2 Å². The summed E-state index contributed by atoms with van der Waals surface area (Å²) in [6.45, 7) is 0. The Bertz CT molecular complexity index is 405. The number of hydrogen-bond acceptors (Lipinski definition) is 3. The molecule has 1 amide bonds. The van der Waals surface area contributed by atoms with Crippen LogP contribution < -0.4 is 10.1 Å². The average molecular weight is 230 g/mol. The predicted molar refractivity (Wildman–Crippen MR) is 54.7 cm³/mol. The van der Waals surface area contributed by atoms with Crippen LogP contribution >= 0.6 is 11.6 Å². The van der Waals surface area contributed by atoms with Gasteiger partial charge in [-0.2, -0.15) is 0 Å². The molecule has 0 aromatic heterocycles. The Morgan fingerprint density at radius 1 is 1.60 bits per heavy atom. The summed E-state index contributed by atoms with van der Waals surface area (Å²) in [7, 11) is 1.33. The third-order valence-corrected chi connectivity index (χ3v) is 2.05. The van der Waals surface area contributed by atoms with Crippen LogP contribution in [0, 0.1) is 0 Å². The monoisotopic (exact) mass is 229 g/mol. The smallest absolute Gasteiger partial charge is 0.339 e. The molecule has 0 atom stereocenters. The van der Waals surface area contributed by atoms with Crippen LogP contribution in [-0.2, 0) is 4.79 Å². The summed E-state index contributed by atoms with van der Waals surface area (Å²) < 4.78 is 4.85. The van der Waals surface area contributed by atoms with Gasteiger partial charge < -0.3 is 15.2 Å². The lowest BCUT2D eigenvalue weighted by Crippen LogP contribution is -2.03. The molecule has 1 aromatic carbocycles. The number of aromatic carboxylic acids is 1. The number of anilines is 1. The van der Waals surface area contributed by atoms with Crippen molar-refractivity contribution < 1.29 is 19.4 Å². The van der Waals surface area contributed by atoms with Gasteiger partial charge in [-0.15, -0.1) is 0 Å². The van der Waals surface area contributed by atoms with E-state index in [2.05, 4.69) is 5.32 Å². The fourth-order valence-corrected chi connectivity index (χ4v) is 1.28. The third kappa shape index (κ3) is 2.38. The van der Waals surface area contributed by atoms with Crippen molar-refractivity contribution >= 4 is 29.7 Å². The van der Waals surface area contributed by atoms with E-state index < -0.39 is 5.97 Å². The van der Waals surface area contributed by atoms with Gasteiger partial charge in [0.05, 0.1) is 17.8 Å². The Morgan fingerprint density at radius 3 is 2.73 bits per heavy atom. The summed E-state index contributed by atoms with van der Waals surface area (Å²) in [5.41, 5.74) is 0.243. The Hall–Kier alpha value is -1.75. The molecule has 0 aliphatic rings. The molecule has 0 bridgehead atoms. The van der Waals surface area contributed by atoms with Gasteiger partial charge in [0, 0.05) is 6.07 Å². The van der Waals surface area contributed by atoms with Crippen LogP contribution in [0.5, 0.6) is 5.75 Å². The molecule has 6 heteroatoms. The maximum absolute atomic E-state index is 10.8. The molecule has 2 N–H and O–H groups in total. The number of rotatable bonds is 4. The van der Waals surface area contributed by atoms with E-state index in [1.807, 2.05) is 0 Å². The summed E-state index contributed by atoms with van der Waals surface area (Å²) >= 11 is 5.74. The lowest BCUT2D eigenvalue weighted by Gasteiger charge is -2.08. The number of carbonyl (C=O) groups is 2. The fraction of sp³-hybridized carbons (Fsp3) is 0.111. The standard InChI is InChI=1S/C9H8ClNO4/c1-15-8-3-7(11-4-12)6(10)2-5(8)9(13)14/h2-4H,1H3,(H,11,12)(H,13,14).